The number of amides is 2. The maximum absolute atomic E-state index is 12.2. The van der Waals surface area contributed by atoms with E-state index in [-0.39, 0.29) is 24.5 Å². The van der Waals surface area contributed by atoms with Crippen LogP contribution in [0.2, 0.25) is 0 Å². The van der Waals surface area contributed by atoms with E-state index in [2.05, 4.69) is 15.6 Å². The first-order valence-corrected chi connectivity index (χ1v) is 9.69. The number of imidazole rings is 1. The van der Waals surface area contributed by atoms with Crippen molar-refractivity contribution in [3.05, 3.63) is 64.8 Å². The minimum Gasteiger partial charge on any atom is -0.497 e. The number of benzene rings is 2. The zero-order valence-corrected chi connectivity index (χ0v) is 17.4. The minimum atomic E-state index is -0.702. The highest BCUT2D eigenvalue weighted by Crippen LogP contribution is 2.31. The molecule has 0 saturated carbocycles. The lowest BCUT2D eigenvalue weighted by atomic mass is 10.1. The number of nitro groups is 1. The maximum Gasteiger partial charge on any atom is 0.415 e. The van der Waals surface area contributed by atoms with Crippen molar-refractivity contribution in [1.82, 2.24) is 9.55 Å². The SMILES string of the molecule is COc1ccc(NC(=O)Nc2ccc(OCC3(C)Cn4cc([N+](=O)[O-])nc4O3)cc2)cc1. The number of carbonyl (C=O) groups is 1. The molecule has 32 heavy (non-hydrogen) atoms. The fourth-order valence-electron chi connectivity index (χ4n) is 3.19. The second-order valence-corrected chi connectivity index (χ2v) is 7.44. The van der Waals surface area contributed by atoms with Crippen LogP contribution in [0.3, 0.4) is 0 Å². The summed E-state index contributed by atoms with van der Waals surface area (Å²) in [7, 11) is 1.58. The molecule has 0 bridgehead atoms. The monoisotopic (exact) mass is 439 g/mol. The van der Waals surface area contributed by atoms with Crippen molar-refractivity contribution >= 4 is 23.2 Å². The largest absolute Gasteiger partial charge is 0.497 e. The summed E-state index contributed by atoms with van der Waals surface area (Å²) in [5.74, 6) is 1.04. The molecule has 4 rings (SSSR count). The number of ether oxygens (including phenoxy) is 3. The van der Waals surface area contributed by atoms with Gasteiger partial charge in [-0.2, -0.15) is 0 Å². The second kappa shape index (κ2) is 8.46. The fraction of sp³-hybridized carbons (Fsp3) is 0.238. The third-order valence-electron chi connectivity index (χ3n) is 4.76. The number of hydrogen-bond acceptors (Lipinski definition) is 7. The summed E-state index contributed by atoms with van der Waals surface area (Å²) in [6.45, 7) is 2.44. The lowest BCUT2D eigenvalue weighted by Gasteiger charge is -2.22. The van der Waals surface area contributed by atoms with Gasteiger partial charge < -0.3 is 35.0 Å². The molecule has 0 aliphatic carbocycles. The Balaban J connectivity index is 1.27. The Morgan fingerprint density at radius 3 is 2.28 bits per heavy atom. The van der Waals surface area contributed by atoms with Gasteiger partial charge in [0.15, 0.2) is 5.60 Å². The average Bonchev–Trinajstić information content (AvgIpc) is 3.29. The van der Waals surface area contributed by atoms with Crippen LogP contribution in [-0.4, -0.2) is 39.8 Å². The summed E-state index contributed by atoms with van der Waals surface area (Å²) in [5, 5.41) is 16.3. The lowest BCUT2D eigenvalue weighted by Crippen LogP contribution is -2.38. The number of aromatic nitrogens is 2. The Morgan fingerprint density at radius 1 is 1.16 bits per heavy atom. The number of rotatable bonds is 7. The van der Waals surface area contributed by atoms with E-state index >= 15 is 0 Å². The molecule has 1 aliphatic heterocycles. The maximum atomic E-state index is 12.2. The molecule has 0 fully saturated rings. The lowest BCUT2D eigenvalue weighted by molar-refractivity contribution is -0.389. The Bertz CT molecular complexity index is 1100. The molecule has 11 heteroatoms. The third kappa shape index (κ3) is 4.72. The van der Waals surface area contributed by atoms with Gasteiger partial charge in [-0.05, 0) is 60.4 Å². The number of carbonyl (C=O) groups excluding carboxylic acids is 1. The van der Waals surface area contributed by atoms with Gasteiger partial charge in [-0.3, -0.25) is 4.57 Å². The van der Waals surface area contributed by atoms with Crippen LogP contribution in [0.5, 0.6) is 17.5 Å². The number of anilines is 2. The first-order chi connectivity index (χ1) is 15.3. The Labute approximate surface area is 183 Å². The van der Waals surface area contributed by atoms with Crippen LogP contribution < -0.4 is 24.8 Å². The van der Waals surface area contributed by atoms with Crippen LogP contribution in [0.4, 0.5) is 22.0 Å². The Morgan fingerprint density at radius 2 is 1.75 bits per heavy atom. The molecule has 3 aromatic rings. The summed E-state index contributed by atoms with van der Waals surface area (Å²) < 4.78 is 18.2. The van der Waals surface area contributed by atoms with Crippen molar-refractivity contribution in [1.29, 1.82) is 0 Å². The zero-order valence-electron chi connectivity index (χ0n) is 17.4. The van der Waals surface area contributed by atoms with E-state index in [4.69, 9.17) is 14.2 Å². The molecular formula is C21H21N5O6. The highest BCUT2D eigenvalue weighted by Gasteiger charge is 2.41. The molecule has 1 aromatic heterocycles. The molecule has 0 radical (unpaired) electrons. The van der Waals surface area contributed by atoms with Gasteiger partial charge in [-0.1, -0.05) is 0 Å². The minimum absolute atomic E-state index is 0.199. The molecule has 2 N–H and O–H groups in total. The number of hydrogen-bond donors (Lipinski definition) is 2. The summed E-state index contributed by atoms with van der Waals surface area (Å²) in [5.41, 5.74) is 0.532. The first-order valence-electron chi connectivity index (χ1n) is 9.69. The number of nitrogens with one attached hydrogen (secondary N) is 2. The quantitative estimate of drug-likeness (QED) is 0.424. The number of urea groups is 1. The van der Waals surface area contributed by atoms with Crippen LogP contribution >= 0.6 is 0 Å². The second-order valence-electron chi connectivity index (χ2n) is 7.44. The van der Waals surface area contributed by atoms with E-state index in [1.165, 1.54) is 6.20 Å². The summed E-state index contributed by atoms with van der Waals surface area (Å²) in [4.78, 5) is 26.3. The van der Waals surface area contributed by atoms with Crippen molar-refractivity contribution in [2.24, 2.45) is 0 Å². The van der Waals surface area contributed by atoms with E-state index in [0.29, 0.717) is 29.4 Å². The summed E-state index contributed by atoms with van der Waals surface area (Å²) in [6, 6.07) is 13.7. The van der Waals surface area contributed by atoms with Gasteiger partial charge in [0.25, 0.3) is 0 Å². The van der Waals surface area contributed by atoms with E-state index in [1.807, 2.05) is 6.92 Å². The summed E-state index contributed by atoms with van der Waals surface area (Å²) >= 11 is 0. The predicted octanol–water partition coefficient (Wildman–Crippen LogP) is 3.67. The van der Waals surface area contributed by atoms with Crippen molar-refractivity contribution in [2.75, 3.05) is 24.4 Å². The molecule has 2 amide bonds. The molecule has 166 valence electrons. The summed E-state index contributed by atoms with van der Waals surface area (Å²) in [6.07, 6.45) is 1.35. The van der Waals surface area contributed by atoms with E-state index in [0.717, 1.165) is 0 Å². The third-order valence-corrected chi connectivity index (χ3v) is 4.76. The van der Waals surface area contributed by atoms with Crippen LogP contribution in [0.15, 0.2) is 54.7 Å². The van der Waals surface area contributed by atoms with E-state index < -0.39 is 10.5 Å². The number of fused-ring (bicyclic) bond motifs is 1. The Kier molecular flexibility index (Phi) is 5.54. The molecule has 2 heterocycles. The van der Waals surface area contributed by atoms with Gasteiger partial charge in [0.2, 0.25) is 0 Å². The van der Waals surface area contributed by atoms with Gasteiger partial charge in [0, 0.05) is 16.4 Å². The van der Waals surface area contributed by atoms with Crippen molar-refractivity contribution in [2.45, 2.75) is 19.1 Å². The van der Waals surface area contributed by atoms with Crippen LogP contribution in [-0.2, 0) is 6.54 Å². The molecular weight excluding hydrogens is 418 g/mol. The Hall–Kier alpha value is -4.28. The molecule has 0 spiro atoms. The predicted molar refractivity (Wildman–Crippen MR) is 115 cm³/mol. The van der Waals surface area contributed by atoms with Crippen LogP contribution in [0.25, 0.3) is 0 Å². The average molecular weight is 439 g/mol. The highest BCUT2D eigenvalue weighted by molar-refractivity contribution is 5.99. The molecule has 1 atom stereocenters. The van der Waals surface area contributed by atoms with E-state index in [9.17, 15) is 14.9 Å². The van der Waals surface area contributed by atoms with Gasteiger partial charge in [0.05, 0.1) is 13.7 Å². The normalized spacial score (nSPS) is 16.6. The van der Waals surface area contributed by atoms with Crippen LogP contribution in [0.1, 0.15) is 6.92 Å². The van der Waals surface area contributed by atoms with Crippen LogP contribution in [0, 0.1) is 10.1 Å². The fourth-order valence-corrected chi connectivity index (χ4v) is 3.19. The van der Waals surface area contributed by atoms with Gasteiger partial charge in [-0.25, -0.2) is 4.79 Å². The molecule has 1 unspecified atom stereocenters. The van der Waals surface area contributed by atoms with Gasteiger partial charge >= 0.3 is 17.9 Å². The molecule has 11 nitrogen and oxygen atoms in total. The van der Waals surface area contributed by atoms with Crippen molar-refractivity contribution in [3.63, 3.8) is 0 Å². The molecule has 2 aromatic carbocycles. The zero-order chi connectivity index (χ0) is 22.7. The smallest absolute Gasteiger partial charge is 0.415 e. The first kappa shape index (κ1) is 21.0. The van der Waals surface area contributed by atoms with Crippen molar-refractivity contribution in [3.8, 4) is 17.5 Å². The molecule has 0 saturated heterocycles. The standard InChI is InChI=1S/C21H21N5O6/c1-21(12-25-11-18(26(28)29)24-20(25)32-21)13-31-17-9-5-15(6-10-17)23-19(27)22-14-3-7-16(30-2)8-4-14/h3-11H,12-13H2,1-2H3,(H2,22,23,27). The number of methoxy groups -OCH3 is 1. The highest BCUT2D eigenvalue weighted by atomic mass is 16.6. The topological polar surface area (TPSA) is 130 Å². The number of nitrogens with zero attached hydrogens (tertiary/aromatic N) is 3. The van der Waals surface area contributed by atoms with Gasteiger partial charge in [-0.15, -0.1) is 0 Å². The van der Waals surface area contributed by atoms with E-state index in [1.54, 1.807) is 60.2 Å². The molecule has 1 aliphatic rings. The van der Waals surface area contributed by atoms with Gasteiger partial charge in [0.1, 0.15) is 24.3 Å². The van der Waals surface area contributed by atoms with Crippen molar-refractivity contribution < 1.29 is 23.9 Å².